The number of nitrogens with one attached hydrogen (secondary N) is 2. The van der Waals surface area contributed by atoms with Gasteiger partial charge in [0.15, 0.2) is 0 Å². The van der Waals surface area contributed by atoms with Gasteiger partial charge < -0.3 is 49.7 Å². The van der Waals surface area contributed by atoms with Crippen molar-refractivity contribution < 1.29 is 49.1 Å². The number of carboxylic acids is 2. The van der Waals surface area contributed by atoms with Crippen LogP contribution in [0, 0.1) is 0 Å². The molecule has 0 fully saturated rings. The van der Waals surface area contributed by atoms with E-state index in [-0.39, 0.29) is 13.2 Å². The molecule has 14 nitrogen and oxygen atoms in total. The lowest BCUT2D eigenvalue weighted by Gasteiger charge is -2.13. The fourth-order valence-electron chi connectivity index (χ4n) is 5.06. The number of nitrogens with zero attached hydrogens (tertiary/aromatic N) is 2. The van der Waals surface area contributed by atoms with Crippen molar-refractivity contribution in [1.29, 1.82) is 0 Å². The molecule has 14 heteroatoms. The first-order chi connectivity index (χ1) is 23.9. The van der Waals surface area contributed by atoms with Crippen molar-refractivity contribution in [1.82, 2.24) is 19.8 Å². The monoisotopic (exact) mass is 696 g/mol. The molecule has 0 atom stereocenters. The number of H-pyrrole nitrogens is 2. The van der Waals surface area contributed by atoms with Crippen LogP contribution in [0.3, 0.4) is 0 Å². The Morgan fingerprint density at radius 2 is 1.00 bits per heavy atom. The molecular formula is C36H48N4O10. The number of hydrogen-bond donors (Lipinski definition) is 6. The molecular weight excluding hydrogens is 648 g/mol. The Balaban J connectivity index is 0.000000286. The predicted molar refractivity (Wildman–Crippen MR) is 190 cm³/mol. The number of benzene rings is 2. The lowest BCUT2D eigenvalue weighted by atomic mass is 10.0. The Bertz CT molecular complexity index is 1590. The van der Waals surface area contributed by atoms with E-state index in [1.165, 1.54) is 21.9 Å². The topological polar surface area (TPSA) is 206 Å². The van der Waals surface area contributed by atoms with Crippen molar-refractivity contribution >= 4 is 46.1 Å². The Morgan fingerprint density at radius 3 is 1.32 bits per heavy atom. The molecule has 0 radical (unpaired) electrons. The first-order valence-corrected chi connectivity index (χ1v) is 16.2. The van der Waals surface area contributed by atoms with Gasteiger partial charge in [-0.3, -0.25) is 0 Å². The number of carboxylic acid groups (broad SMARTS) is 4. The quantitative estimate of drug-likeness (QED) is 0.0634. The van der Waals surface area contributed by atoms with Crippen LogP contribution in [-0.2, 0) is 44.7 Å². The molecule has 4 aromatic rings. The molecule has 0 unspecified atom stereocenters. The SMILES string of the molecule is CCN(C)CCc1c[nH]c2cccc(CCOC(=O)O)c12.CCN(C)CCc1c[nH]c2cccc(CCOC(=O)O)c12.O=C(O)/C=C/C(=O)O. The second-order valence-corrected chi connectivity index (χ2v) is 11.3. The van der Waals surface area contributed by atoms with Crippen molar-refractivity contribution in [3.63, 3.8) is 0 Å². The van der Waals surface area contributed by atoms with E-state index < -0.39 is 24.2 Å². The normalized spacial score (nSPS) is 10.9. The summed E-state index contributed by atoms with van der Waals surface area (Å²) in [7, 11) is 4.22. The van der Waals surface area contributed by atoms with Crippen molar-refractivity contribution in [3.8, 4) is 0 Å². The zero-order chi connectivity index (χ0) is 37.1. The van der Waals surface area contributed by atoms with E-state index in [0.29, 0.717) is 25.0 Å². The Hall–Kier alpha value is -5.34. The number of ether oxygens (including phenoxy) is 2. The van der Waals surface area contributed by atoms with E-state index in [2.05, 4.69) is 69.6 Å². The summed E-state index contributed by atoms with van der Waals surface area (Å²) in [4.78, 5) is 51.1. The largest absolute Gasteiger partial charge is 0.505 e. The van der Waals surface area contributed by atoms with Crippen LogP contribution in [0.1, 0.15) is 36.1 Å². The summed E-state index contributed by atoms with van der Waals surface area (Å²) < 4.78 is 9.25. The third-order valence-corrected chi connectivity index (χ3v) is 7.92. The van der Waals surface area contributed by atoms with Crippen LogP contribution in [0.4, 0.5) is 9.59 Å². The highest BCUT2D eigenvalue weighted by Crippen LogP contribution is 2.25. The van der Waals surface area contributed by atoms with Crippen molar-refractivity contribution in [2.45, 2.75) is 39.5 Å². The highest BCUT2D eigenvalue weighted by Gasteiger charge is 2.11. The molecule has 0 amide bonds. The van der Waals surface area contributed by atoms with Gasteiger partial charge in [0.25, 0.3) is 0 Å². The minimum atomic E-state index is -1.26. The Labute approximate surface area is 290 Å². The zero-order valence-corrected chi connectivity index (χ0v) is 29.0. The third-order valence-electron chi connectivity index (χ3n) is 7.92. The van der Waals surface area contributed by atoms with Crippen molar-refractivity contribution in [2.75, 3.05) is 53.5 Å². The Kier molecular flexibility index (Phi) is 17.6. The molecule has 0 saturated heterocycles. The molecule has 0 saturated carbocycles. The molecule has 4 rings (SSSR count). The summed E-state index contributed by atoms with van der Waals surface area (Å²) in [6, 6.07) is 12.1. The molecule has 0 aliphatic rings. The molecule has 2 aromatic carbocycles. The van der Waals surface area contributed by atoms with E-state index in [0.717, 1.165) is 61.2 Å². The van der Waals surface area contributed by atoms with E-state index in [4.69, 9.17) is 20.4 Å². The van der Waals surface area contributed by atoms with Crippen LogP contribution in [0.15, 0.2) is 60.9 Å². The summed E-state index contributed by atoms with van der Waals surface area (Å²) in [6.07, 6.45) is 5.91. The summed E-state index contributed by atoms with van der Waals surface area (Å²) in [5.74, 6) is -2.51. The molecule has 50 heavy (non-hydrogen) atoms. The minimum Gasteiger partial charge on any atom is -0.478 e. The smallest absolute Gasteiger partial charge is 0.478 e. The molecule has 0 spiro atoms. The summed E-state index contributed by atoms with van der Waals surface area (Å²) in [5.41, 5.74) is 7.00. The highest BCUT2D eigenvalue weighted by atomic mass is 16.7. The number of aromatic nitrogens is 2. The van der Waals surface area contributed by atoms with Gasteiger partial charge in [0, 0.05) is 72.3 Å². The number of aliphatic carboxylic acids is 2. The molecule has 2 aromatic heterocycles. The van der Waals surface area contributed by atoms with Crippen LogP contribution in [-0.4, -0.2) is 118 Å². The van der Waals surface area contributed by atoms with E-state index >= 15 is 0 Å². The first kappa shape index (κ1) is 40.8. The average molecular weight is 697 g/mol. The van der Waals surface area contributed by atoms with Gasteiger partial charge in [0.05, 0.1) is 13.2 Å². The zero-order valence-electron chi connectivity index (χ0n) is 29.0. The van der Waals surface area contributed by atoms with Crippen molar-refractivity contribution in [3.05, 3.63) is 83.2 Å². The number of rotatable bonds is 16. The fourth-order valence-corrected chi connectivity index (χ4v) is 5.06. The maximum absolute atomic E-state index is 10.4. The number of hydrogen-bond acceptors (Lipinski definition) is 8. The van der Waals surface area contributed by atoms with Gasteiger partial charge in [0.2, 0.25) is 0 Å². The molecule has 0 aliphatic heterocycles. The number of likely N-dealkylation sites (N-methyl/N-ethyl adjacent to an activating group) is 2. The molecule has 6 N–H and O–H groups in total. The highest BCUT2D eigenvalue weighted by molar-refractivity contribution is 5.90. The van der Waals surface area contributed by atoms with Crippen LogP contribution < -0.4 is 0 Å². The molecule has 272 valence electrons. The second kappa shape index (κ2) is 21.6. The minimum absolute atomic E-state index is 0.188. The maximum atomic E-state index is 10.4. The van der Waals surface area contributed by atoms with Crippen molar-refractivity contribution in [2.24, 2.45) is 0 Å². The summed E-state index contributed by atoms with van der Waals surface area (Å²) in [6.45, 7) is 8.73. The van der Waals surface area contributed by atoms with E-state index in [1.54, 1.807) is 0 Å². The van der Waals surface area contributed by atoms with E-state index in [9.17, 15) is 19.2 Å². The average Bonchev–Trinajstić information content (AvgIpc) is 3.70. The van der Waals surface area contributed by atoms with Gasteiger partial charge in [0.1, 0.15) is 0 Å². The standard InChI is InChI=1S/2C16H22N2O3.C4H4O4/c2*1-3-18(2)9-7-13-11-17-14-6-4-5-12(15(13)14)8-10-21-16(19)20;5-3(6)1-2-4(7)8/h2*4-6,11,17H,3,7-10H2,1-2H3,(H,19,20);1-2H,(H,5,6)(H,7,8)/b;;2-1+. The number of aromatic amines is 2. The fraction of sp³-hybridized carbons (Fsp3) is 0.389. The van der Waals surface area contributed by atoms with Crippen LogP contribution in [0.25, 0.3) is 21.8 Å². The lowest BCUT2D eigenvalue weighted by Crippen LogP contribution is -2.20. The molecule has 2 heterocycles. The third kappa shape index (κ3) is 14.4. The van der Waals surface area contributed by atoms with Crippen LogP contribution in [0.5, 0.6) is 0 Å². The number of fused-ring (bicyclic) bond motifs is 2. The Morgan fingerprint density at radius 1 is 0.620 bits per heavy atom. The van der Waals surface area contributed by atoms with Gasteiger partial charge in [-0.15, -0.1) is 0 Å². The van der Waals surface area contributed by atoms with Crippen LogP contribution in [0.2, 0.25) is 0 Å². The maximum Gasteiger partial charge on any atom is 0.505 e. The predicted octanol–water partition coefficient (Wildman–Crippen LogP) is 5.51. The van der Waals surface area contributed by atoms with Gasteiger partial charge >= 0.3 is 24.2 Å². The van der Waals surface area contributed by atoms with Gasteiger partial charge in [-0.2, -0.15) is 0 Å². The molecule has 0 bridgehead atoms. The summed E-state index contributed by atoms with van der Waals surface area (Å²) in [5, 5.41) is 35.1. The lowest BCUT2D eigenvalue weighted by molar-refractivity contribution is -0.134. The first-order valence-electron chi connectivity index (χ1n) is 16.2. The number of carbonyl (C=O) groups is 4. The van der Waals surface area contributed by atoms with Gasteiger partial charge in [-0.05, 0) is 74.4 Å². The summed E-state index contributed by atoms with van der Waals surface area (Å²) >= 11 is 0. The van der Waals surface area contributed by atoms with Gasteiger partial charge in [-0.25, -0.2) is 19.2 Å². The van der Waals surface area contributed by atoms with Crippen LogP contribution >= 0.6 is 0 Å². The second-order valence-electron chi connectivity index (χ2n) is 11.3. The molecule has 0 aliphatic carbocycles. The van der Waals surface area contributed by atoms with Gasteiger partial charge in [-0.1, -0.05) is 38.1 Å². The van der Waals surface area contributed by atoms with E-state index in [1.807, 2.05) is 36.4 Å².